The van der Waals surface area contributed by atoms with E-state index in [0.29, 0.717) is 12.0 Å². The van der Waals surface area contributed by atoms with Crippen molar-refractivity contribution in [1.29, 1.82) is 0 Å². The first kappa shape index (κ1) is 18.5. The zero-order valence-electron chi connectivity index (χ0n) is 14.1. The molecule has 1 saturated heterocycles. The molecule has 23 heavy (non-hydrogen) atoms. The fourth-order valence-electron chi connectivity index (χ4n) is 3.43. The largest absolute Gasteiger partial charge is 0.384 e. The third-order valence-electron chi connectivity index (χ3n) is 4.78. The van der Waals surface area contributed by atoms with Crippen LogP contribution in [0.25, 0.3) is 0 Å². The van der Waals surface area contributed by atoms with Crippen molar-refractivity contribution in [1.82, 2.24) is 10.2 Å². The Kier molecular flexibility index (Phi) is 7.14. The standard InChI is InChI=1S/C18H27N3O.HI/c1-19-18(21-9-8-15(12-21)13-22-2)20-17-11-16(17)10-14-6-4-3-5-7-14;/h3-7,15-17H,8-13H2,1-2H3,(H,19,20);1H. The van der Waals surface area contributed by atoms with Crippen LogP contribution in [0.4, 0.5) is 0 Å². The van der Waals surface area contributed by atoms with Crippen LogP contribution in [-0.2, 0) is 11.2 Å². The van der Waals surface area contributed by atoms with Crippen LogP contribution in [0.2, 0.25) is 0 Å². The molecule has 4 nitrogen and oxygen atoms in total. The Morgan fingerprint density at radius 1 is 1.35 bits per heavy atom. The van der Waals surface area contributed by atoms with Gasteiger partial charge in [-0.25, -0.2) is 0 Å². The number of nitrogens with one attached hydrogen (secondary N) is 1. The van der Waals surface area contributed by atoms with E-state index in [1.54, 1.807) is 7.11 Å². The molecule has 5 heteroatoms. The Labute approximate surface area is 156 Å². The molecule has 3 rings (SSSR count). The quantitative estimate of drug-likeness (QED) is 0.445. The van der Waals surface area contributed by atoms with Gasteiger partial charge in [-0.1, -0.05) is 30.3 Å². The lowest BCUT2D eigenvalue weighted by molar-refractivity contribution is 0.157. The number of guanidine groups is 1. The fraction of sp³-hybridized carbons (Fsp3) is 0.611. The number of nitrogens with zero attached hydrogens (tertiary/aromatic N) is 2. The Balaban J connectivity index is 0.00000192. The molecule has 1 aromatic carbocycles. The molecule has 1 aromatic rings. The molecule has 1 aliphatic heterocycles. The van der Waals surface area contributed by atoms with Crippen LogP contribution in [-0.4, -0.2) is 50.8 Å². The maximum atomic E-state index is 5.28. The summed E-state index contributed by atoms with van der Waals surface area (Å²) in [6, 6.07) is 11.4. The van der Waals surface area contributed by atoms with Gasteiger partial charge in [0, 0.05) is 39.2 Å². The molecule has 2 fully saturated rings. The van der Waals surface area contributed by atoms with Crippen molar-refractivity contribution in [2.75, 3.05) is 33.9 Å². The van der Waals surface area contributed by atoms with Crippen LogP contribution in [0, 0.1) is 11.8 Å². The van der Waals surface area contributed by atoms with E-state index in [-0.39, 0.29) is 24.0 Å². The number of methoxy groups -OCH3 is 1. The fourth-order valence-corrected chi connectivity index (χ4v) is 3.43. The normalized spacial score (nSPS) is 26.8. The second kappa shape index (κ2) is 8.87. The Hall–Kier alpha value is -0.820. The molecule has 0 amide bonds. The Morgan fingerprint density at radius 3 is 2.83 bits per heavy atom. The van der Waals surface area contributed by atoms with Crippen LogP contribution in [0.5, 0.6) is 0 Å². The number of halogens is 1. The van der Waals surface area contributed by atoms with Gasteiger partial charge in [-0.2, -0.15) is 0 Å². The number of hydrogen-bond donors (Lipinski definition) is 1. The van der Waals surface area contributed by atoms with Crippen LogP contribution in [0.15, 0.2) is 35.3 Å². The minimum atomic E-state index is 0. The summed E-state index contributed by atoms with van der Waals surface area (Å²) in [4.78, 5) is 6.85. The number of ether oxygens (including phenoxy) is 1. The van der Waals surface area contributed by atoms with Crippen molar-refractivity contribution < 1.29 is 4.74 Å². The van der Waals surface area contributed by atoms with Gasteiger partial charge in [-0.3, -0.25) is 4.99 Å². The van der Waals surface area contributed by atoms with E-state index >= 15 is 0 Å². The third kappa shape index (κ3) is 5.08. The highest BCUT2D eigenvalue weighted by atomic mass is 127. The van der Waals surface area contributed by atoms with Crippen molar-refractivity contribution in [3.8, 4) is 0 Å². The van der Waals surface area contributed by atoms with Gasteiger partial charge in [-0.15, -0.1) is 24.0 Å². The maximum absolute atomic E-state index is 5.28. The van der Waals surface area contributed by atoms with Crippen molar-refractivity contribution in [2.24, 2.45) is 16.8 Å². The van der Waals surface area contributed by atoms with E-state index < -0.39 is 0 Å². The molecule has 3 atom stereocenters. The number of rotatable bonds is 5. The van der Waals surface area contributed by atoms with Gasteiger partial charge >= 0.3 is 0 Å². The van der Waals surface area contributed by atoms with Gasteiger partial charge < -0.3 is 15.0 Å². The van der Waals surface area contributed by atoms with E-state index in [9.17, 15) is 0 Å². The summed E-state index contributed by atoms with van der Waals surface area (Å²) < 4.78 is 5.28. The molecule has 0 spiro atoms. The number of hydrogen-bond acceptors (Lipinski definition) is 2. The summed E-state index contributed by atoms with van der Waals surface area (Å²) in [6.07, 6.45) is 3.62. The number of aliphatic imine (C=N–C) groups is 1. The van der Waals surface area contributed by atoms with Crippen LogP contribution >= 0.6 is 24.0 Å². The smallest absolute Gasteiger partial charge is 0.193 e. The molecule has 1 N–H and O–H groups in total. The summed E-state index contributed by atoms with van der Waals surface area (Å²) in [7, 11) is 3.68. The topological polar surface area (TPSA) is 36.9 Å². The van der Waals surface area contributed by atoms with Crippen molar-refractivity contribution in [2.45, 2.75) is 25.3 Å². The molecule has 128 valence electrons. The molecule has 0 bridgehead atoms. The number of benzene rings is 1. The summed E-state index contributed by atoms with van der Waals surface area (Å²) in [5, 5.41) is 3.65. The first-order valence-electron chi connectivity index (χ1n) is 8.31. The maximum Gasteiger partial charge on any atom is 0.193 e. The highest BCUT2D eigenvalue weighted by molar-refractivity contribution is 14.0. The van der Waals surface area contributed by atoms with Gasteiger partial charge in [-0.05, 0) is 30.7 Å². The van der Waals surface area contributed by atoms with E-state index in [2.05, 4.69) is 45.5 Å². The molecular weight excluding hydrogens is 401 g/mol. The molecule has 1 heterocycles. The molecule has 2 aliphatic rings. The lowest BCUT2D eigenvalue weighted by atomic mass is 10.1. The summed E-state index contributed by atoms with van der Waals surface area (Å²) in [6.45, 7) is 3.00. The van der Waals surface area contributed by atoms with Crippen molar-refractivity contribution in [3.63, 3.8) is 0 Å². The van der Waals surface area contributed by atoms with Gasteiger partial charge in [0.05, 0.1) is 6.61 Å². The van der Waals surface area contributed by atoms with Crippen LogP contribution < -0.4 is 5.32 Å². The first-order valence-corrected chi connectivity index (χ1v) is 8.31. The SMILES string of the molecule is CN=C(NC1CC1Cc1ccccc1)N1CCC(COC)C1.I. The molecular formula is C18H28IN3O. The zero-order chi connectivity index (χ0) is 15.4. The highest BCUT2D eigenvalue weighted by Gasteiger charge is 2.38. The predicted molar refractivity (Wildman–Crippen MR) is 106 cm³/mol. The second-order valence-electron chi connectivity index (χ2n) is 6.54. The van der Waals surface area contributed by atoms with E-state index in [4.69, 9.17) is 4.74 Å². The van der Waals surface area contributed by atoms with E-state index in [0.717, 1.165) is 31.6 Å². The summed E-state index contributed by atoms with van der Waals surface area (Å²) in [5.74, 6) is 2.46. The molecule has 0 aromatic heterocycles. The second-order valence-corrected chi connectivity index (χ2v) is 6.54. The lowest BCUT2D eigenvalue weighted by Crippen LogP contribution is -2.41. The first-order chi connectivity index (χ1) is 10.8. The van der Waals surface area contributed by atoms with Crippen molar-refractivity contribution >= 4 is 29.9 Å². The van der Waals surface area contributed by atoms with Crippen molar-refractivity contribution in [3.05, 3.63) is 35.9 Å². The van der Waals surface area contributed by atoms with E-state index in [1.165, 1.54) is 24.8 Å². The van der Waals surface area contributed by atoms with Crippen LogP contribution in [0.3, 0.4) is 0 Å². The van der Waals surface area contributed by atoms with Gasteiger partial charge in [0.15, 0.2) is 5.96 Å². The van der Waals surface area contributed by atoms with Gasteiger partial charge in [0.2, 0.25) is 0 Å². The highest BCUT2D eigenvalue weighted by Crippen LogP contribution is 2.34. The average molecular weight is 429 g/mol. The van der Waals surface area contributed by atoms with Gasteiger partial charge in [0.25, 0.3) is 0 Å². The molecule has 3 unspecified atom stereocenters. The summed E-state index contributed by atoms with van der Waals surface area (Å²) >= 11 is 0. The third-order valence-corrected chi connectivity index (χ3v) is 4.78. The number of likely N-dealkylation sites (tertiary alicyclic amines) is 1. The molecule has 1 aliphatic carbocycles. The monoisotopic (exact) mass is 429 g/mol. The van der Waals surface area contributed by atoms with E-state index in [1.807, 2.05) is 7.05 Å². The average Bonchev–Trinajstić information content (AvgIpc) is 3.09. The molecule has 0 radical (unpaired) electrons. The Morgan fingerprint density at radius 2 is 2.13 bits per heavy atom. The minimum Gasteiger partial charge on any atom is -0.384 e. The molecule has 1 saturated carbocycles. The van der Waals surface area contributed by atoms with Crippen LogP contribution in [0.1, 0.15) is 18.4 Å². The zero-order valence-corrected chi connectivity index (χ0v) is 16.4. The lowest BCUT2D eigenvalue weighted by Gasteiger charge is -2.22. The minimum absolute atomic E-state index is 0. The Bertz CT molecular complexity index is 508. The van der Waals surface area contributed by atoms with Gasteiger partial charge in [0.1, 0.15) is 0 Å². The summed E-state index contributed by atoms with van der Waals surface area (Å²) in [5.41, 5.74) is 1.44. The predicted octanol–water partition coefficient (Wildman–Crippen LogP) is 2.78.